The molecule has 1 aromatic rings. The molecule has 6 heteroatoms. The predicted octanol–water partition coefficient (Wildman–Crippen LogP) is 2.40. The van der Waals surface area contributed by atoms with Crippen molar-refractivity contribution in [2.75, 3.05) is 26.4 Å². The normalized spacial score (nSPS) is 16.2. The number of benzene rings is 1. The van der Waals surface area contributed by atoms with Gasteiger partial charge in [0.1, 0.15) is 5.75 Å². The molecule has 0 bridgehead atoms. The minimum absolute atomic E-state index is 0.0657. The molecule has 1 aliphatic heterocycles. The lowest BCUT2D eigenvalue weighted by molar-refractivity contribution is -0.145. The summed E-state index contributed by atoms with van der Waals surface area (Å²) in [7, 11) is 0. The molecule has 1 aromatic carbocycles. The number of amides is 1. The lowest BCUT2D eigenvalue weighted by Gasteiger charge is -2.27. The van der Waals surface area contributed by atoms with Crippen molar-refractivity contribution in [2.24, 2.45) is 11.8 Å². The van der Waals surface area contributed by atoms with Crippen LogP contribution in [0.4, 0.5) is 0 Å². The van der Waals surface area contributed by atoms with E-state index in [0.29, 0.717) is 32.7 Å². The molecule has 138 valence electrons. The molecule has 1 amide bonds. The molecule has 6 nitrogen and oxygen atoms in total. The molecule has 0 radical (unpaired) electrons. The zero-order valence-electron chi connectivity index (χ0n) is 14.7. The third-order valence-corrected chi connectivity index (χ3v) is 4.57. The molecule has 1 saturated heterocycles. The summed E-state index contributed by atoms with van der Waals surface area (Å²) in [6, 6.07) is 7.75. The Hall–Kier alpha value is -2.08. The summed E-state index contributed by atoms with van der Waals surface area (Å²) in [5, 5.41) is 12.1. The Labute approximate surface area is 148 Å². The summed E-state index contributed by atoms with van der Waals surface area (Å²) in [5.41, 5.74) is 1.06. The monoisotopic (exact) mass is 349 g/mol. The van der Waals surface area contributed by atoms with Gasteiger partial charge in [0.05, 0.1) is 12.5 Å². The average molecular weight is 349 g/mol. The van der Waals surface area contributed by atoms with E-state index >= 15 is 0 Å². The van der Waals surface area contributed by atoms with Gasteiger partial charge in [-0.05, 0) is 43.7 Å². The maximum absolute atomic E-state index is 11.9. The second-order valence-electron chi connectivity index (χ2n) is 6.42. The van der Waals surface area contributed by atoms with Gasteiger partial charge in [-0.25, -0.2) is 0 Å². The van der Waals surface area contributed by atoms with E-state index in [4.69, 9.17) is 9.47 Å². The van der Waals surface area contributed by atoms with Crippen LogP contribution in [0.25, 0.3) is 0 Å². The lowest BCUT2D eigenvalue weighted by Crippen LogP contribution is -2.39. The molecule has 1 aliphatic rings. The van der Waals surface area contributed by atoms with E-state index in [1.807, 2.05) is 31.2 Å². The van der Waals surface area contributed by atoms with Crippen LogP contribution in [-0.4, -0.2) is 43.3 Å². The van der Waals surface area contributed by atoms with E-state index in [2.05, 4.69) is 5.32 Å². The predicted molar refractivity (Wildman–Crippen MR) is 93.6 cm³/mol. The largest absolute Gasteiger partial charge is 0.493 e. The maximum atomic E-state index is 11.9. The van der Waals surface area contributed by atoms with Gasteiger partial charge in [-0.15, -0.1) is 0 Å². The van der Waals surface area contributed by atoms with Gasteiger partial charge in [0, 0.05) is 26.2 Å². The van der Waals surface area contributed by atoms with Crippen LogP contribution in [0, 0.1) is 18.8 Å². The first kappa shape index (κ1) is 19.2. The molecular weight excluding hydrogens is 322 g/mol. The number of aliphatic carboxylic acids is 1. The first-order chi connectivity index (χ1) is 12.1. The summed E-state index contributed by atoms with van der Waals surface area (Å²) in [6.07, 6.45) is 2.38. The van der Waals surface area contributed by atoms with Crippen molar-refractivity contribution in [3.8, 4) is 5.75 Å². The second kappa shape index (κ2) is 10.0. The van der Waals surface area contributed by atoms with Crippen LogP contribution in [0.1, 0.15) is 31.2 Å². The molecule has 2 N–H and O–H groups in total. The zero-order valence-corrected chi connectivity index (χ0v) is 14.7. The number of hydrogen-bond donors (Lipinski definition) is 2. The van der Waals surface area contributed by atoms with Crippen LogP contribution < -0.4 is 10.1 Å². The number of carboxylic acids is 1. The number of para-hydroxylation sites is 1. The molecule has 0 aromatic heterocycles. The number of ether oxygens (including phenoxy) is 2. The van der Waals surface area contributed by atoms with E-state index in [9.17, 15) is 14.7 Å². The highest BCUT2D eigenvalue weighted by molar-refractivity contribution is 5.77. The average Bonchev–Trinajstić information content (AvgIpc) is 2.61. The van der Waals surface area contributed by atoms with Crippen LogP contribution in [-0.2, 0) is 14.3 Å². The first-order valence-corrected chi connectivity index (χ1v) is 8.83. The smallest absolute Gasteiger partial charge is 0.308 e. The van der Waals surface area contributed by atoms with Gasteiger partial charge in [-0.3, -0.25) is 9.59 Å². The number of nitrogens with one attached hydrogen (secondary N) is 1. The zero-order chi connectivity index (χ0) is 18.1. The van der Waals surface area contributed by atoms with E-state index in [-0.39, 0.29) is 18.4 Å². The summed E-state index contributed by atoms with van der Waals surface area (Å²) in [6.45, 7) is 3.81. The summed E-state index contributed by atoms with van der Waals surface area (Å²) >= 11 is 0. The minimum atomic E-state index is -0.852. The molecule has 25 heavy (non-hydrogen) atoms. The topological polar surface area (TPSA) is 84.9 Å². The Morgan fingerprint density at radius 2 is 2.04 bits per heavy atom. The Bertz CT molecular complexity index is 569. The summed E-state index contributed by atoms with van der Waals surface area (Å²) in [4.78, 5) is 23.4. The highest BCUT2D eigenvalue weighted by Gasteiger charge is 2.29. The van der Waals surface area contributed by atoms with Gasteiger partial charge in [-0.1, -0.05) is 18.2 Å². The third-order valence-electron chi connectivity index (χ3n) is 4.57. The van der Waals surface area contributed by atoms with Crippen molar-refractivity contribution in [3.63, 3.8) is 0 Å². The fourth-order valence-corrected chi connectivity index (χ4v) is 3.02. The van der Waals surface area contributed by atoms with E-state index in [0.717, 1.165) is 24.2 Å². The van der Waals surface area contributed by atoms with Crippen molar-refractivity contribution in [3.05, 3.63) is 29.8 Å². The van der Waals surface area contributed by atoms with E-state index in [1.54, 1.807) is 0 Å². The Morgan fingerprint density at radius 1 is 1.32 bits per heavy atom. The highest BCUT2D eigenvalue weighted by atomic mass is 16.5. The molecule has 0 saturated carbocycles. The van der Waals surface area contributed by atoms with Crippen molar-refractivity contribution >= 4 is 11.9 Å². The number of carbonyl (C=O) groups excluding carboxylic acids is 1. The van der Waals surface area contributed by atoms with Crippen molar-refractivity contribution in [1.82, 2.24) is 5.32 Å². The molecule has 1 heterocycles. The van der Waals surface area contributed by atoms with Crippen molar-refractivity contribution in [2.45, 2.75) is 32.6 Å². The maximum Gasteiger partial charge on any atom is 0.308 e. The summed E-state index contributed by atoms with van der Waals surface area (Å²) < 4.78 is 10.9. The SMILES string of the molecule is Cc1ccccc1OCCCC(=O)NCC(C(=O)O)C1CCOCC1. The van der Waals surface area contributed by atoms with E-state index < -0.39 is 11.9 Å². The van der Waals surface area contributed by atoms with Gasteiger partial charge in [0.2, 0.25) is 5.91 Å². The van der Waals surface area contributed by atoms with Crippen molar-refractivity contribution in [1.29, 1.82) is 0 Å². The second-order valence-corrected chi connectivity index (χ2v) is 6.42. The minimum Gasteiger partial charge on any atom is -0.493 e. The Morgan fingerprint density at radius 3 is 2.72 bits per heavy atom. The van der Waals surface area contributed by atoms with Gasteiger partial charge in [0.15, 0.2) is 0 Å². The molecule has 0 aliphatic carbocycles. The van der Waals surface area contributed by atoms with Gasteiger partial charge >= 0.3 is 5.97 Å². The molecular formula is C19H27NO5. The first-order valence-electron chi connectivity index (χ1n) is 8.83. The van der Waals surface area contributed by atoms with Crippen LogP contribution in [0.3, 0.4) is 0 Å². The highest BCUT2D eigenvalue weighted by Crippen LogP contribution is 2.23. The number of aryl methyl sites for hydroxylation is 1. The molecule has 1 atom stereocenters. The Kier molecular flexibility index (Phi) is 7.73. The lowest BCUT2D eigenvalue weighted by atomic mass is 9.86. The molecule has 1 unspecified atom stereocenters. The number of rotatable bonds is 9. The van der Waals surface area contributed by atoms with Crippen LogP contribution in [0.15, 0.2) is 24.3 Å². The third kappa shape index (κ3) is 6.38. The van der Waals surface area contributed by atoms with Gasteiger partial charge < -0.3 is 19.9 Å². The molecule has 1 fully saturated rings. The van der Waals surface area contributed by atoms with Gasteiger partial charge in [0.25, 0.3) is 0 Å². The van der Waals surface area contributed by atoms with Gasteiger partial charge in [-0.2, -0.15) is 0 Å². The Balaban J connectivity index is 1.67. The van der Waals surface area contributed by atoms with Crippen LogP contribution >= 0.6 is 0 Å². The fourth-order valence-electron chi connectivity index (χ4n) is 3.02. The molecule has 0 spiro atoms. The van der Waals surface area contributed by atoms with Crippen LogP contribution in [0.5, 0.6) is 5.75 Å². The number of hydrogen-bond acceptors (Lipinski definition) is 4. The standard InChI is InChI=1S/C19H27NO5/c1-14-5-2-3-6-17(14)25-10-4-7-18(21)20-13-16(19(22)23)15-8-11-24-12-9-15/h2-3,5-6,15-16H,4,7-13H2,1H3,(H,20,21)(H,22,23). The van der Waals surface area contributed by atoms with Crippen LogP contribution in [0.2, 0.25) is 0 Å². The number of carbonyl (C=O) groups is 2. The van der Waals surface area contributed by atoms with Crippen molar-refractivity contribution < 1.29 is 24.2 Å². The molecule has 2 rings (SSSR count). The quantitative estimate of drug-likeness (QED) is 0.669. The summed E-state index contributed by atoms with van der Waals surface area (Å²) in [5.74, 6) is -0.637. The number of carboxylic acid groups (broad SMARTS) is 1. The van der Waals surface area contributed by atoms with E-state index in [1.165, 1.54) is 0 Å². The fraction of sp³-hybridized carbons (Fsp3) is 0.579.